The Morgan fingerprint density at radius 1 is 1.33 bits per heavy atom. The molecule has 0 atom stereocenters. The van der Waals surface area contributed by atoms with E-state index in [1.165, 1.54) is 16.9 Å². The van der Waals surface area contributed by atoms with Gasteiger partial charge in [0.05, 0.1) is 4.88 Å². The van der Waals surface area contributed by atoms with Gasteiger partial charge < -0.3 is 0 Å². The van der Waals surface area contributed by atoms with Crippen LogP contribution >= 0.6 is 34.7 Å². The normalized spacial score (nSPS) is 10.6. The molecule has 0 spiro atoms. The van der Waals surface area contributed by atoms with Crippen LogP contribution < -0.4 is 0 Å². The number of ketones is 1. The molecule has 0 N–H and O–H groups in total. The van der Waals surface area contributed by atoms with Gasteiger partial charge in [0.1, 0.15) is 0 Å². The first-order valence-corrected chi connectivity index (χ1v) is 8.07. The average Bonchev–Trinajstić information content (AvgIpc) is 2.85. The van der Waals surface area contributed by atoms with Gasteiger partial charge >= 0.3 is 0 Å². The van der Waals surface area contributed by atoms with Crippen molar-refractivity contribution in [2.24, 2.45) is 0 Å². The number of benzene rings is 1. The van der Waals surface area contributed by atoms with E-state index in [1.54, 1.807) is 24.3 Å². The minimum absolute atomic E-state index is 0.0735. The molecule has 18 heavy (non-hydrogen) atoms. The summed E-state index contributed by atoms with van der Waals surface area (Å²) >= 11 is 9.19. The standard InChI is InChI=1S/C14H13ClOS2/c1-2-17-8-10-7-13(18-9-10)14(16)11-3-5-12(15)6-4-11/h3-7,9H,2,8H2,1H3. The fraction of sp³-hybridized carbons (Fsp3) is 0.214. The summed E-state index contributed by atoms with van der Waals surface area (Å²) in [6.45, 7) is 2.14. The van der Waals surface area contributed by atoms with Crippen LogP contribution in [0.25, 0.3) is 0 Å². The van der Waals surface area contributed by atoms with Gasteiger partial charge in [-0.15, -0.1) is 11.3 Å². The van der Waals surface area contributed by atoms with Gasteiger partial charge in [-0.3, -0.25) is 4.79 Å². The molecular weight excluding hydrogens is 284 g/mol. The number of halogens is 1. The summed E-state index contributed by atoms with van der Waals surface area (Å²) < 4.78 is 0. The van der Waals surface area contributed by atoms with Gasteiger partial charge in [0.15, 0.2) is 0 Å². The van der Waals surface area contributed by atoms with E-state index in [2.05, 4.69) is 12.3 Å². The molecular formula is C14H13ClOS2. The van der Waals surface area contributed by atoms with Crippen molar-refractivity contribution in [1.82, 2.24) is 0 Å². The highest BCUT2D eigenvalue weighted by atomic mass is 35.5. The third kappa shape index (κ3) is 3.37. The highest BCUT2D eigenvalue weighted by molar-refractivity contribution is 7.98. The predicted molar refractivity (Wildman–Crippen MR) is 81.0 cm³/mol. The van der Waals surface area contributed by atoms with Gasteiger partial charge in [0.2, 0.25) is 5.78 Å². The molecule has 1 aromatic carbocycles. The predicted octanol–water partition coefficient (Wildman–Crippen LogP) is 4.89. The number of carbonyl (C=O) groups is 1. The zero-order valence-corrected chi connectivity index (χ0v) is 12.4. The number of hydrogen-bond acceptors (Lipinski definition) is 3. The van der Waals surface area contributed by atoms with Crippen molar-refractivity contribution in [1.29, 1.82) is 0 Å². The van der Waals surface area contributed by atoms with Crippen molar-refractivity contribution in [3.8, 4) is 0 Å². The van der Waals surface area contributed by atoms with Gasteiger partial charge in [0.25, 0.3) is 0 Å². The molecule has 0 aliphatic carbocycles. The molecule has 4 heteroatoms. The lowest BCUT2D eigenvalue weighted by molar-refractivity contribution is 0.104. The topological polar surface area (TPSA) is 17.1 Å². The molecule has 0 saturated carbocycles. The highest BCUT2D eigenvalue weighted by Gasteiger charge is 2.11. The maximum absolute atomic E-state index is 12.2. The number of thioether (sulfide) groups is 1. The van der Waals surface area contributed by atoms with Crippen LogP contribution in [-0.4, -0.2) is 11.5 Å². The Morgan fingerprint density at radius 3 is 2.72 bits per heavy atom. The molecule has 0 amide bonds. The van der Waals surface area contributed by atoms with Crippen molar-refractivity contribution in [3.05, 3.63) is 56.7 Å². The van der Waals surface area contributed by atoms with Crippen LogP contribution in [0.4, 0.5) is 0 Å². The third-order valence-electron chi connectivity index (χ3n) is 2.46. The molecule has 0 saturated heterocycles. The fourth-order valence-electron chi connectivity index (χ4n) is 1.53. The Bertz CT molecular complexity index is 531. The van der Waals surface area contributed by atoms with Gasteiger partial charge in [-0.05, 0) is 47.0 Å². The molecule has 0 radical (unpaired) electrons. The lowest BCUT2D eigenvalue weighted by Gasteiger charge is -1.98. The van der Waals surface area contributed by atoms with E-state index in [1.807, 2.05) is 17.8 Å². The summed E-state index contributed by atoms with van der Waals surface area (Å²) in [7, 11) is 0. The molecule has 0 unspecified atom stereocenters. The van der Waals surface area contributed by atoms with Crippen molar-refractivity contribution in [2.45, 2.75) is 12.7 Å². The highest BCUT2D eigenvalue weighted by Crippen LogP contribution is 2.22. The maximum atomic E-state index is 12.2. The Balaban J connectivity index is 2.13. The van der Waals surface area contributed by atoms with Crippen LogP contribution in [0, 0.1) is 0 Å². The van der Waals surface area contributed by atoms with Crippen molar-refractivity contribution in [3.63, 3.8) is 0 Å². The second-order valence-electron chi connectivity index (χ2n) is 3.79. The molecule has 0 aliphatic heterocycles. The molecule has 1 heterocycles. The van der Waals surface area contributed by atoms with Crippen LogP contribution in [0.1, 0.15) is 27.7 Å². The molecule has 1 nitrogen and oxygen atoms in total. The van der Waals surface area contributed by atoms with E-state index >= 15 is 0 Å². The molecule has 0 fully saturated rings. The zero-order valence-electron chi connectivity index (χ0n) is 9.98. The Labute approximate surface area is 120 Å². The van der Waals surface area contributed by atoms with E-state index in [0.717, 1.165) is 16.4 Å². The number of rotatable bonds is 5. The summed E-state index contributed by atoms with van der Waals surface area (Å²) in [4.78, 5) is 13.0. The maximum Gasteiger partial charge on any atom is 0.202 e. The van der Waals surface area contributed by atoms with Gasteiger partial charge in [-0.25, -0.2) is 0 Å². The van der Waals surface area contributed by atoms with Crippen LogP contribution in [0.15, 0.2) is 35.7 Å². The zero-order chi connectivity index (χ0) is 13.0. The van der Waals surface area contributed by atoms with Crippen LogP contribution in [0.5, 0.6) is 0 Å². The first-order chi connectivity index (χ1) is 8.70. The number of hydrogen-bond donors (Lipinski definition) is 0. The van der Waals surface area contributed by atoms with E-state index in [0.29, 0.717) is 10.6 Å². The van der Waals surface area contributed by atoms with E-state index in [9.17, 15) is 4.79 Å². The Kier molecular flexibility index (Phi) is 4.87. The van der Waals surface area contributed by atoms with Gasteiger partial charge in [-0.2, -0.15) is 11.8 Å². The van der Waals surface area contributed by atoms with Gasteiger partial charge in [0, 0.05) is 16.3 Å². The van der Waals surface area contributed by atoms with Crippen molar-refractivity contribution >= 4 is 40.5 Å². The van der Waals surface area contributed by atoms with Crippen molar-refractivity contribution < 1.29 is 4.79 Å². The molecule has 2 aromatic rings. The molecule has 0 bridgehead atoms. The summed E-state index contributed by atoms with van der Waals surface area (Å²) in [6.07, 6.45) is 0. The molecule has 94 valence electrons. The first-order valence-electron chi connectivity index (χ1n) is 5.66. The second-order valence-corrected chi connectivity index (χ2v) is 6.41. The minimum Gasteiger partial charge on any atom is -0.288 e. The Hall–Kier alpha value is -0.770. The SMILES string of the molecule is CCSCc1csc(C(=O)c2ccc(Cl)cc2)c1. The quantitative estimate of drug-likeness (QED) is 0.731. The molecule has 2 rings (SSSR count). The summed E-state index contributed by atoms with van der Waals surface area (Å²) in [6, 6.07) is 9.02. The Morgan fingerprint density at radius 2 is 2.06 bits per heavy atom. The van der Waals surface area contributed by atoms with E-state index in [-0.39, 0.29) is 5.78 Å². The third-order valence-corrected chi connectivity index (χ3v) is 4.63. The number of thiophene rings is 1. The van der Waals surface area contributed by atoms with Crippen molar-refractivity contribution in [2.75, 3.05) is 5.75 Å². The number of carbonyl (C=O) groups excluding carboxylic acids is 1. The molecule has 0 aliphatic rings. The molecule has 1 aromatic heterocycles. The average molecular weight is 297 g/mol. The first kappa shape index (κ1) is 13.7. The second kappa shape index (κ2) is 6.41. The van der Waals surface area contributed by atoms with Crippen LogP contribution in [0.3, 0.4) is 0 Å². The largest absolute Gasteiger partial charge is 0.288 e. The van der Waals surface area contributed by atoms with Crippen LogP contribution in [-0.2, 0) is 5.75 Å². The summed E-state index contributed by atoms with van der Waals surface area (Å²) in [5, 5.41) is 2.71. The van der Waals surface area contributed by atoms with E-state index < -0.39 is 0 Å². The lowest BCUT2D eigenvalue weighted by Crippen LogP contribution is -1.97. The van der Waals surface area contributed by atoms with Gasteiger partial charge in [-0.1, -0.05) is 18.5 Å². The fourth-order valence-corrected chi connectivity index (χ4v) is 3.25. The lowest BCUT2D eigenvalue weighted by atomic mass is 10.1. The monoisotopic (exact) mass is 296 g/mol. The van der Waals surface area contributed by atoms with Crippen LogP contribution in [0.2, 0.25) is 5.02 Å². The smallest absolute Gasteiger partial charge is 0.202 e. The summed E-state index contributed by atoms with van der Waals surface area (Å²) in [5.74, 6) is 2.14. The van der Waals surface area contributed by atoms with E-state index in [4.69, 9.17) is 11.6 Å². The minimum atomic E-state index is 0.0735. The summed E-state index contributed by atoms with van der Waals surface area (Å²) in [5.41, 5.74) is 1.92.